The predicted molar refractivity (Wildman–Crippen MR) is 128 cm³/mol. The van der Waals surface area contributed by atoms with E-state index in [-0.39, 0.29) is 16.3 Å². The van der Waals surface area contributed by atoms with Gasteiger partial charge in [0.1, 0.15) is 12.3 Å². The summed E-state index contributed by atoms with van der Waals surface area (Å²) in [7, 11) is -2.66. The number of sulfonamides is 1. The Bertz CT molecular complexity index is 1240. The molecule has 32 heavy (non-hydrogen) atoms. The molecule has 0 radical (unpaired) electrons. The second-order valence-electron chi connectivity index (χ2n) is 7.51. The summed E-state index contributed by atoms with van der Waals surface area (Å²) in [5, 5.41) is 3.14. The average molecular weight is 473 g/mol. The Morgan fingerprint density at radius 2 is 1.62 bits per heavy atom. The quantitative estimate of drug-likeness (QED) is 0.518. The van der Waals surface area contributed by atoms with Gasteiger partial charge in [0.2, 0.25) is 5.91 Å². The van der Waals surface area contributed by atoms with E-state index in [4.69, 9.17) is 16.3 Å². The number of carbonyl (C=O) groups is 1. The molecule has 0 atom stereocenters. The van der Waals surface area contributed by atoms with Gasteiger partial charge in [-0.1, -0.05) is 41.4 Å². The molecule has 1 amide bonds. The Morgan fingerprint density at radius 1 is 0.969 bits per heavy atom. The maximum absolute atomic E-state index is 13.6. The highest BCUT2D eigenvalue weighted by Gasteiger charge is 2.30. The van der Waals surface area contributed by atoms with Crippen molar-refractivity contribution in [3.05, 3.63) is 82.4 Å². The van der Waals surface area contributed by atoms with E-state index in [0.717, 1.165) is 21.0 Å². The van der Waals surface area contributed by atoms with Crippen molar-refractivity contribution in [3.8, 4) is 5.75 Å². The Morgan fingerprint density at radius 3 is 2.28 bits per heavy atom. The van der Waals surface area contributed by atoms with Crippen LogP contribution in [0, 0.1) is 20.8 Å². The molecule has 168 valence electrons. The van der Waals surface area contributed by atoms with Gasteiger partial charge in [0.25, 0.3) is 10.0 Å². The molecule has 0 saturated heterocycles. The number of hydrogen-bond donors (Lipinski definition) is 1. The van der Waals surface area contributed by atoms with Crippen LogP contribution in [0.2, 0.25) is 5.02 Å². The van der Waals surface area contributed by atoms with Gasteiger partial charge in [0, 0.05) is 10.7 Å². The third-order valence-corrected chi connectivity index (χ3v) is 6.98. The number of aryl methyl sites for hydroxylation is 3. The Hall–Kier alpha value is -3.03. The van der Waals surface area contributed by atoms with Crippen molar-refractivity contribution in [3.63, 3.8) is 0 Å². The van der Waals surface area contributed by atoms with Gasteiger partial charge in [-0.2, -0.15) is 0 Å². The lowest BCUT2D eigenvalue weighted by Gasteiger charge is -2.26. The number of benzene rings is 3. The standard InChI is InChI=1S/C24H25ClN2O4S/c1-16-6-10-20(11-7-16)32(29,30)27(22-14-19(25)9-12-23(22)31-4)15-24(28)26-21-13-17(2)5-8-18(21)3/h5-14H,15H2,1-4H3,(H,26,28). The van der Waals surface area contributed by atoms with Crippen molar-refractivity contribution >= 4 is 38.9 Å². The highest BCUT2D eigenvalue weighted by molar-refractivity contribution is 7.92. The van der Waals surface area contributed by atoms with E-state index in [1.807, 2.05) is 39.0 Å². The summed E-state index contributed by atoms with van der Waals surface area (Å²) >= 11 is 6.16. The zero-order valence-electron chi connectivity index (χ0n) is 18.3. The Balaban J connectivity index is 2.05. The molecular weight excluding hydrogens is 448 g/mol. The van der Waals surface area contributed by atoms with Crippen LogP contribution in [0.1, 0.15) is 16.7 Å². The smallest absolute Gasteiger partial charge is 0.264 e. The van der Waals surface area contributed by atoms with E-state index < -0.39 is 22.5 Å². The number of ether oxygens (including phenoxy) is 1. The van der Waals surface area contributed by atoms with E-state index in [1.54, 1.807) is 24.3 Å². The van der Waals surface area contributed by atoms with Crippen molar-refractivity contribution in [1.29, 1.82) is 0 Å². The maximum atomic E-state index is 13.6. The molecule has 0 aliphatic heterocycles. The van der Waals surface area contributed by atoms with Gasteiger partial charge in [0.15, 0.2) is 0 Å². The minimum absolute atomic E-state index is 0.0599. The van der Waals surface area contributed by atoms with Gasteiger partial charge in [-0.15, -0.1) is 0 Å². The predicted octanol–water partition coefficient (Wildman–Crippen LogP) is 5.11. The van der Waals surface area contributed by atoms with E-state index >= 15 is 0 Å². The fourth-order valence-corrected chi connectivity index (χ4v) is 4.78. The highest BCUT2D eigenvalue weighted by Crippen LogP contribution is 2.35. The summed E-state index contributed by atoms with van der Waals surface area (Å²) in [4.78, 5) is 13.0. The molecule has 1 N–H and O–H groups in total. The molecule has 0 bridgehead atoms. The number of carbonyl (C=O) groups excluding carboxylic acids is 1. The lowest BCUT2D eigenvalue weighted by Crippen LogP contribution is -2.38. The molecule has 0 aromatic heterocycles. The van der Waals surface area contributed by atoms with E-state index in [0.29, 0.717) is 10.7 Å². The molecule has 0 heterocycles. The van der Waals surface area contributed by atoms with Crippen molar-refractivity contribution in [1.82, 2.24) is 0 Å². The molecule has 0 saturated carbocycles. The lowest BCUT2D eigenvalue weighted by molar-refractivity contribution is -0.114. The van der Waals surface area contributed by atoms with Crippen molar-refractivity contribution in [2.45, 2.75) is 25.7 Å². The molecule has 6 nitrogen and oxygen atoms in total. The van der Waals surface area contributed by atoms with Crippen LogP contribution in [0.3, 0.4) is 0 Å². The summed E-state index contributed by atoms with van der Waals surface area (Å²) in [6.07, 6.45) is 0. The number of halogens is 1. The third-order valence-electron chi connectivity index (χ3n) is 4.97. The van der Waals surface area contributed by atoms with Crippen LogP contribution in [0.4, 0.5) is 11.4 Å². The first-order chi connectivity index (χ1) is 15.1. The first kappa shape index (κ1) is 23.6. The minimum Gasteiger partial charge on any atom is -0.495 e. The number of nitrogens with zero attached hydrogens (tertiary/aromatic N) is 1. The van der Waals surface area contributed by atoms with Gasteiger partial charge >= 0.3 is 0 Å². The second kappa shape index (κ2) is 9.63. The molecule has 0 aliphatic carbocycles. The SMILES string of the molecule is COc1ccc(Cl)cc1N(CC(=O)Nc1cc(C)ccc1C)S(=O)(=O)c1ccc(C)cc1. The number of anilines is 2. The fraction of sp³-hybridized carbons (Fsp3) is 0.208. The van der Waals surface area contributed by atoms with Gasteiger partial charge in [0.05, 0.1) is 17.7 Å². The van der Waals surface area contributed by atoms with Gasteiger partial charge in [-0.25, -0.2) is 8.42 Å². The molecule has 0 spiro atoms. The van der Waals surface area contributed by atoms with E-state index in [1.165, 1.54) is 25.3 Å². The first-order valence-electron chi connectivity index (χ1n) is 9.92. The molecule has 3 aromatic carbocycles. The van der Waals surface area contributed by atoms with Gasteiger partial charge in [-0.3, -0.25) is 9.10 Å². The molecule has 3 aromatic rings. The van der Waals surface area contributed by atoms with Crippen molar-refractivity contribution < 1.29 is 17.9 Å². The maximum Gasteiger partial charge on any atom is 0.264 e. The normalized spacial score (nSPS) is 11.2. The molecule has 3 rings (SSSR count). The number of amides is 1. The van der Waals surface area contributed by atoms with Crippen LogP contribution in [-0.4, -0.2) is 28.0 Å². The number of hydrogen-bond acceptors (Lipinski definition) is 4. The molecular formula is C24H25ClN2O4S. The molecule has 0 unspecified atom stereocenters. The minimum atomic E-state index is -4.09. The zero-order chi connectivity index (χ0) is 23.5. The Kier molecular flexibility index (Phi) is 7.11. The first-order valence-corrected chi connectivity index (χ1v) is 11.7. The number of nitrogens with one attached hydrogen (secondary N) is 1. The summed E-state index contributed by atoms with van der Waals surface area (Å²) in [5.41, 5.74) is 3.57. The fourth-order valence-electron chi connectivity index (χ4n) is 3.19. The highest BCUT2D eigenvalue weighted by atomic mass is 35.5. The summed E-state index contributed by atoms with van der Waals surface area (Å²) < 4.78 is 33.5. The number of methoxy groups -OCH3 is 1. The molecule has 0 aliphatic rings. The van der Waals surface area contributed by atoms with Crippen LogP contribution in [0.25, 0.3) is 0 Å². The van der Waals surface area contributed by atoms with Crippen LogP contribution in [0.5, 0.6) is 5.75 Å². The van der Waals surface area contributed by atoms with Crippen LogP contribution in [-0.2, 0) is 14.8 Å². The monoisotopic (exact) mass is 472 g/mol. The average Bonchev–Trinajstić information content (AvgIpc) is 2.75. The van der Waals surface area contributed by atoms with Crippen LogP contribution < -0.4 is 14.4 Å². The van der Waals surface area contributed by atoms with E-state index in [9.17, 15) is 13.2 Å². The second-order valence-corrected chi connectivity index (χ2v) is 9.81. The summed E-state index contributed by atoms with van der Waals surface area (Å²) in [5.74, 6) is -0.207. The van der Waals surface area contributed by atoms with Crippen LogP contribution in [0.15, 0.2) is 65.6 Å². The number of rotatable bonds is 7. The van der Waals surface area contributed by atoms with Crippen molar-refractivity contribution in [2.75, 3.05) is 23.3 Å². The van der Waals surface area contributed by atoms with Crippen molar-refractivity contribution in [2.24, 2.45) is 0 Å². The van der Waals surface area contributed by atoms with E-state index in [2.05, 4.69) is 5.32 Å². The zero-order valence-corrected chi connectivity index (χ0v) is 19.9. The molecule has 0 fully saturated rings. The topological polar surface area (TPSA) is 75.7 Å². The van der Waals surface area contributed by atoms with Gasteiger partial charge < -0.3 is 10.1 Å². The Labute approximate surface area is 193 Å². The molecule has 8 heteroatoms. The largest absolute Gasteiger partial charge is 0.495 e. The summed E-state index contributed by atoms with van der Waals surface area (Å²) in [6.45, 7) is 5.20. The summed E-state index contributed by atoms with van der Waals surface area (Å²) in [6, 6.07) is 16.7. The lowest BCUT2D eigenvalue weighted by atomic mass is 10.1. The van der Waals surface area contributed by atoms with Gasteiger partial charge in [-0.05, 0) is 68.3 Å². The third kappa shape index (κ3) is 5.23. The van der Waals surface area contributed by atoms with Crippen LogP contribution >= 0.6 is 11.6 Å².